The van der Waals surface area contributed by atoms with Gasteiger partial charge in [0.25, 0.3) is 0 Å². The van der Waals surface area contributed by atoms with Gasteiger partial charge in [0.05, 0.1) is 6.04 Å². The molecule has 0 spiro atoms. The molecule has 2 atom stereocenters. The Balaban J connectivity index is 4.36. The van der Waals surface area contributed by atoms with E-state index < -0.39 is 30.3 Å². The van der Waals surface area contributed by atoms with E-state index in [1.807, 2.05) is 20.8 Å². The molecular weight excluding hydrogens is 384 g/mol. The lowest BCUT2D eigenvalue weighted by atomic mass is 10.0. The maximum atomic E-state index is 13.2. The second kappa shape index (κ2) is 10.9. The topological polar surface area (TPSA) is 44.3 Å². The van der Waals surface area contributed by atoms with Gasteiger partial charge in [-0.15, -0.1) is 4.72 Å². The summed E-state index contributed by atoms with van der Waals surface area (Å²) in [5, 5.41) is 0.213. The Morgan fingerprint density at radius 3 is 1.96 bits per heavy atom. The van der Waals surface area contributed by atoms with E-state index in [2.05, 4.69) is 38.6 Å². The molecular formula is C20H43F2NO2SSi. The van der Waals surface area contributed by atoms with Gasteiger partial charge >= 0.3 is 0 Å². The first-order chi connectivity index (χ1) is 12.0. The number of halogens is 2. The Kier molecular flexibility index (Phi) is 11.0. The molecule has 0 saturated carbocycles. The molecule has 0 radical (unpaired) electrons. The molecule has 0 bridgehead atoms. The first-order valence-corrected chi connectivity index (χ1v) is 14.2. The van der Waals surface area contributed by atoms with Crippen molar-refractivity contribution in [1.82, 2.24) is 4.72 Å². The van der Waals surface area contributed by atoms with Gasteiger partial charge < -0.3 is 8.98 Å². The minimum atomic E-state index is -2.68. The van der Waals surface area contributed by atoms with Gasteiger partial charge in [-0.25, -0.2) is 8.78 Å². The quantitative estimate of drug-likeness (QED) is 0.222. The van der Waals surface area contributed by atoms with E-state index in [0.29, 0.717) is 6.42 Å². The molecule has 27 heavy (non-hydrogen) atoms. The lowest BCUT2D eigenvalue weighted by Gasteiger charge is -2.36. The summed E-state index contributed by atoms with van der Waals surface area (Å²) in [7, 11) is -1.70. The summed E-state index contributed by atoms with van der Waals surface area (Å²) in [5.41, 5.74) is 0. The molecule has 7 heteroatoms. The van der Waals surface area contributed by atoms with Crippen LogP contribution in [0.3, 0.4) is 0 Å². The molecule has 2 unspecified atom stereocenters. The highest BCUT2D eigenvalue weighted by atomic mass is 32.2. The normalized spacial score (nSPS) is 16.4. The number of rotatable bonds is 12. The fourth-order valence-electron chi connectivity index (χ4n) is 2.23. The minimum absolute atomic E-state index is 0.141. The highest BCUT2D eigenvalue weighted by molar-refractivity contribution is 7.90. The van der Waals surface area contributed by atoms with Crippen LogP contribution in [0.2, 0.25) is 18.1 Å². The third-order valence-electron chi connectivity index (χ3n) is 5.23. The zero-order valence-corrected chi connectivity index (χ0v) is 20.8. The van der Waals surface area contributed by atoms with Crippen molar-refractivity contribution in [3.05, 3.63) is 0 Å². The summed E-state index contributed by atoms with van der Waals surface area (Å²) in [6.45, 7) is 18.6. The van der Waals surface area contributed by atoms with Crippen LogP contribution in [0.4, 0.5) is 8.78 Å². The van der Waals surface area contributed by atoms with Crippen LogP contribution in [0.15, 0.2) is 0 Å². The van der Waals surface area contributed by atoms with E-state index in [4.69, 9.17) is 4.43 Å². The average Bonchev–Trinajstić information content (AvgIpc) is 2.44. The largest absolute Gasteiger partial charge is 0.598 e. The molecule has 0 aromatic heterocycles. The van der Waals surface area contributed by atoms with Crippen molar-refractivity contribution in [3.63, 3.8) is 0 Å². The molecule has 0 aliphatic rings. The summed E-state index contributed by atoms with van der Waals surface area (Å²) in [6.07, 6.45) is 3.82. The van der Waals surface area contributed by atoms with Crippen molar-refractivity contribution >= 4 is 19.7 Å². The van der Waals surface area contributed by atoms with Crippen LogP contribution in [0.1, 0.15) is 87.0 Å². The molecule has 1 N–H and O–H groups in total. The first kappa shape index (κ1) is 27.3. The van der Waals surface area contributed by atoms with E-state index in [9.17, 15) is 13.3 Å². The number of nitrogens with one attached hydrogen (secondary N) is 1. The summed E-state index contributed by atoms with van der Waals surface area (Å²) in [5.74, 6) is -2.68. The van der Waals surface area contributed by atoms with Gasteiger partial charge in [-0.05, 0) is 65.1 Å². The Hall–Kier alpha value is 0.307. The van der Waals surface area contributed by atoms with Gasteiger partial charge in [-0.2, -0.15) is 0 Å². The van der Waals surface area contributed by atoms with Gasteiger partial charge in [-0.3, -0.25) is 0 Å². The standard InChI is InChI=1S/C20H43F2NO2SSi/c1-18(2,3)26(24)23-17(14-15-20(7,21)22)13-11-10-12-16-25-27(8,9)19(4,5)6/h17,23H,10-16H2,1-9H3. The van der Waals surface area contributed by atoms with E-state index in [-0.39, 0.29) is 17.5 Å². The number of hydrogen-bond donors (Lipinski definition) is 1. The summed E-state index contributed by atoms with van der Waals surface area (Å²) >= 11 is -1.24. The van der Waals surface area contributed by atoms with Gasteiger partial charge in [0, 0.05) is 24.4 Å². The molecule has 0 aliphatic heterocycles. The second-order valence-electron chi connectivity index (χ2n) is 10.3. The monoisotopic (exact) mass is 427 g/mol. The van der Waals surface area contributed by atoms with Crippen LogP contribution in [0, 0.1) is 0 Å². The number of unbranched alkanes of at least 4 members (excludes halogenated alkanes) is 2. The van der Waals surface area contributed by atoms with E-state index in [0.717, 1.165) is 39.2 Å². The van der Waals surface area contributed by atoms with Crippen molar-refractivity contribution in [2.45, 2.75) is 122 Å². The van der Waals surface area contributed by atoms with E-state index in [1.165, 1.54) is 0 Å². The smallest absolute Gasteiger partial charge is 0.245 e. The Bertz CT molecular complexity index is 418. The van der Waals surface area contributed by atoms with Crippen LogP contribution in [0.5, 0.6) is 0 Å². The molecule has 0 heterocycles. The van der Waals surface area contributed by atoms with Crippen molar-refractivity contribution in [1.29, 1.82) is 0 Å². The second-order valence-corrected chi connectivity index (χ2v) is 17.1. The maximum absolute atomic E-state index is 13.2. The summed E-state index contributed by atoms with van der Waals surface area (Å²) in [6, 6.07) is -0.141. The van der Waals surface area contributed by atoms with Gasteiger partial charge in [0.15, 0.2) is 8.32 Å². The zero-order valence-electron chi connectivity index (χ0n) is 19.0. The Morgan fingerprint density at radius 2 is 1.52 bits per heavy atom. The Labute approximate surface area is 170 Å². The molecule has 0 rings (SSSR count). The minimum Gasteiger partial charge on any atom is -0.598 e. The number of alkyl halides is 2. The highest BCUT2D eigenvalue weighted by Crippen LogP contribution is 2.36. The lowest BCUT2D eigenvalue weighted by Crippen LogP contribution is -2.45. The molecule has 0 aliphatic carbocycles. The third-order valence-corrected chi connectivity index (χ3v) is 11.4. The lowest BCUT2D eigenvalue weighted by molar-refractivity contribution is 0.00857. The van der Waals surface area contributed by atoms with Crippen LogP contribution >= 0.6 is 0 Å². The fourth-order valence-corrected chi connectivity index (χ4v) is 4.21. The van der Waals surface area contributed by atoms with E-state index in [1.54, 1.807) is 0 Å². The van der Waals surface area contributed by atoms with Crippen molar-refractivity contribution in [2.75, 3.05) is 6.61 Å². The third kappa shape index (κ3) is 12.5. The molecule has 0 saturated heterocycles. The van der Waals surface area contributed by atoms with Crippen molar-refractivity contribution in [3.8, 4) is 0 Å². The van der Waals surface area contributed by atoms with Crippen LogP contribution in [-0.4, -0.2) is 36.2 Å². The molecule has 164 valence electrons. The highest BCUT2D eigenvalue weighted by Gasteiger charge is 2.36. The van der Waals surface area contributed by atoms with Crippen LogP contribution < -0.4 is 4.72 Å². The molecule has 0 aromatic rings. The predicted molar refractivity (Wildman–Crippen MR) is 116 cm³/mol. The fraction of sp³-hybridized carbons (Fsp3) is 1.00. The Morgan fingerprint density at radius 1 is 0.963 bits per heavy atom. The van der Waals surface area contributed by atoms with Crippen molar-refractivity contribution < 1.29 is 17.8 Å². The molecule has 3 nitrogen and oxygen atoms in total. The summed E-state index contributed by atoms with van der Waals surface area (Å²) in [4.78, 5) is 0. The SMILES string of the molecule is CC(F)(F)CCC(CCCCCO[Si](C)(C)C(C)(C)C)N[S+]([O-])C(C)(C)C. The van der Waals surface area contributed by atoms with E-state index >= 15 is 0 Å². The van der Waals surface area contributed by atoms with Crippen molar-refractivity contribution in [2.24, 2.45) is 0 Å². The predicted octanol–water partition coefficient (Wildman–Crippen LogP) is 6.42. The maximum Gasteiger partial charge on any atom is 0.245 e. The number of hydrogen-bond acceptors (Lipinski definition) is 3. The molecule has 0 aromatic carbocycles. The van der Waals surface area contributed by atoms with Gasteiger partial charge in [0.1, 0.15) is 4.75 Å². The zero-order chi connectivity index (χ0) is 21.5. The first-order valence-electron chi connectivity index (χ1n) is 10.2. The van der Waals surface area contributed by atoms with Crippen LogP contribution in [-0.2, 0) is 15.8 Å². The molecule has 0 amide bonds. The average molecular weight is 428 g/mol. The van der Waals surface area contributed by atoms with Gasteiger partial charge in [0.2, 0.25) is 5.92 Å². The van der Waals surface area contributed by atoms with Gasteiger partial charge in [-0.1, -0.05) is 33.6 Å². The summed E-state index contributed by atoms with van der Waals surface area (Å²) < 4.78 is 47.7. The molecule has 0 fully saturated rings. The van der Waals surface area contributed by atoms with Crippen LogP contribution in [0.25, 0.3) is 0 Å².